The second-order valence-corrected chi connectivity index (χ2v) is 6.64. The smallest absolute Gasteiger partial charge is 0.171 e. The molecule has 1 aromatic heterocycles. The highest BCUT2D eigenvalue weighted by Gasteiger charge is 2.17. The fourth-order valence-corrected chi connectivity index (χ4v) is 2.91. The van der Waals surface area contributed by atoms with Crippen molar-refractivity contribution in [3.05, 3.63) is 89.9 Å². The Kier molecular flexibility index (Phi) is 5.51. The highest BCUT2D eigenvalue weighted by atomic mass is 32.1. The number of hydrogen-bond acceptors (Lipinski definition) is 2. The molecule has 4 heteroatoms. The molecule has 0 saturated carbocycles. The Labute approximate surface area is 154 Å². The molecule has 0 unspecified atom stereocenters. The van der Waals surface area contributed by atoms with Crippen molar-refractivity contribution in [1.29, 1.82) is 0 Å². The van der Waals surface area contributed by atoms with Crippen LogP contribution in [-0.4, -0.2) is 5.11 Å². The van der Waals surface area contributed by atoms with E-state index in [9.17, 15) is 0 Å². The summed E-state index contributed by atoms with van der Waals surface area (Å²) in [4.78, 5) is 0. The van der Waals surface area contributed by atoms with Crippen molar-refractivity contribution < 1.29 is 4.42 Å². The van der Waals surface area contributed by atoms with Gasteiger partial charge in [0.1, 0.15) is 11.8 Å². The zero-order valence-corrected chi connectivity index (χ0v) is 15.2. The van der Waals surface area contributed by atoms with E-state index in [1.165, 1.54) is 5.56 Å². The van der Waals surface area contributed by atoms with Crippen LogP contribution in [0, 0.1) is 0 Å². The summed E-state index contributed by atoms with van der Waals surface area (Å²) in [5, 5.41) is 7.15. The van der Waals surface area contributed by atoms with Crippen molar-refractivity contribution in [3.63, 3.8) is 0 Å². The SMILES string of the molecule is CC(C)c1ccc(NC(=S)N[C@H](c2ccccc2)c2ccco2)cc1. The maximum absolute atomic E-state index is 5.59. The Morgan fingerprint density at radius 1 is 0.880 bits per heavy atom. The van der Waals surface area contributed by atoms with Crippen molar-refractivity contribution >= 4 is 23.0 Å². The molecule has 2 N–H and O–H groups in total. The minimum atomic E-state index is -0.133. The van der Waals surface area contributed by atoms with E-state index in [1.54, 1.807) is 6.26 Å². The van der Waals surface area contributed by atoms with Gasteiger partial charge in [-0.1, -0.05) is 56.3 Å². The van der Waals surface area contributed by atoms with Crippen LogP contribution in [0.2, 0.25) is 0 Å². The minimum absolute atomic E-state index is 0.133. The van der Waals surface area contributed by atoms with E-state index in [-0.39, 0.29) is 6.04 Å². The van der Waals surface area contributed by atoms with Crippen LogP contribution in [0.1, 0.15) is 42.7 Å². The summed E-state index contributed by atoms with van der Waals surface area (Å²) < 4.78 is 5.59. The first-order chi connectivity index (χ1) is 12.1. The molecule has 1 heterocycles. The number of benzene rings is 2. The van der Waals surface area contributed by atoms with Gasteiger partial charge in [0.2, 0.25) is 0 Å². The maximum atomic E-state index is 5.59. The van der Waals surface area contributed by atoms with Gasteiger partial charge in [-0.05, 0) is 53.5 Å². The third-order valence-corrected chi connectivity index (χ3v) is 4.29. The second-order valence-electron chi connectivity index (χ2n) is 6.23. The first-order valence-electron chi connectivity index (χ1n) is 8.39. The van der Waals surface area contributed by atoms with Gasteiger partial charge in [-0.3, -0.25) is 0 Å². The molecule has 0 fully saturated rings. The Balaban J connectivity index is 1.72. The van der Waals surface area contributed by atoms with E-state index in [2.05, 4.69) is 48.7 Å². The molecule has 25 heavy (non-hydrogen) atoms. The topological polar surface area (TPSA) is 37.2 Å². The van der Waals surface area contributed by atoms with Crippen LogP contribution >= 0.6 is 12.2 Å². The Hall–Kier alpha value is -2.59. The maximum Gasteiger partial charge on any atom is 0.171 e. The molecule has 3 aromatic rings. The monoisotopic (exact) mass is 350 g/mol. The third-order valence-electron chi connectivity index (χ3n) is 4.07. The first kappa shape index (κ1) is 17.2. The molecular weight excluding hydrogens is 328 g/mol. The Morgan fingerprint density at radius 2 is 1.60 bits per heavy atom. The number of hydrogen-bond donors (Lipinski definition) is 2. The molecule has 0 aliphatic heterocycles. The van der Waals surface area contributed by atoms with E-state index in [4.69, 9.17) is 16.6 Å². The highest BCUT2D eigenvalue weighted by molar-refractivity contribution is 7.80. The van der Waals surface area contributed by atoms with Crippen molar-refractivity contribution in [3.8, 4) is 0 Å². The van der Waals surface area contributed by atoms with Crippen LogP contribution in [0.4, 0.5) is 5.69 Å². The summed E-state index contributed by atoms with van der Waals surface area (Å²) in [6.45, 7) is 4.37. The summed E-state index contributed by atoms with van der Waals surface area (Å²) in [6.07, 6.45) is 1.67. The van der Waals surface area contributed by atoms with Crippen LogP contribution in [0.3, 0.4) is 0 Å². The Morgan fingerprint density at radius 3 is 2.20 bits per heavy atom. The molecule has 0 aliphatic rings. The molecule has 1 atom stereocenters. The third kappa shape index (κ3) is 4.48. The van der Waals surface area contributed by atoms with Gasteiger partial charge in [-0.15, -0.1) is 0 Å². The molecule has 0 bridgehead atoms. The standard InChI is InChI=1S/C21H22N2OS/c1-15(2)16-10-12-18(13-11-16)22-21(25)23-20(19-9-6-14-24-19)17-7-4-3-5-8-17/h3-15,20H,1-2H3,(H2,22,23,25)/t20-/m1/s1. The number of rotatable bonds is 5. The van der Waals surface area contributed by atoms with Gasteiger partial charge in [-0.2, -0.15) is 0 Å². The molecule has 0 radical (unpaired) electrons. The largest absolute Gasteiger partial charge is 0.467 e. The molecule has 0 aliphatic carbocycles. The highest BCUT2D eigenvalue weighted by Crippen LogP contribution is 2.23. The minimum Gasteiger partial charge on any atom is -0.467 e. The van der Waals surface area contributed by atoms with Crippen molar-refractivity contribution in [2.24, 2.45) is 0 Å². The molecule has 2 aromatic carbocycles. The number of furan rings is 1. The van der Waals surface area contributed by atoms with Gasteiger partial charge in [0.15, 0.2) is 5.11 Å². The van der Waals surface area contributed by atoms with Gasteiger partial charge in [0.05, 0.1) is 6.26 Å². The van der Waals surface area contributed by atoms with Crippen molar-refractivity contribution in [1.82, 2.24) is 5.32 Å². The molecule has 3 nitrogen and oxygen atoms in total. The molecule has 0 spiro atoms. The van der Waals surface area contributed by atoms with E-state index in [1.807, 2.05) is 42.5 Å². The van der Waals surface area contributed by atoms with Crippen LogP contribution in [0.5, 0.6) is 0 Å². The van der Waals surface area contributed by atoms with Gasteiger partial charge < -0.3 is 15.1 Å². The van der Waals surface area contributed by atoms with Crippen molar-refractivity contribution in [2.75, 3.05) is 5.32 Å². The average Bonchev–Trinajstić information content (AvgIpc) is 3.15. The number of nitrogens with one attached hydrogen (secondary N) is 2. The summed E-state index contributed by atoms with van der Waals surface area (Å²) in [6, 6.07) is 22.2. The quantitative estimate of drug-likeness (QED) is 0.598. The normalized spacial score (nSPS) is 12.0. The van der Waals surface area contributed by atoms with E-state index < -0.39 is 0 Å². The lowest BCUT2D eigenvalue weighted by Crippen LogP contribution is -2.32. The molecule has 0 amide bonds. The van der Waals surface area contributed by atoms with Gasteiger partial charge in [0, 0.05) is 5.69 Å². The molecular formula is C21H22N2OS. The number of anilines is 1. The number of thiocarbonyl (C=S) groups is 1. The van der Waals surface area contributed by atoms with E-state index in [0.717, 1.165) is 17.0 Å². The van der Waals surface area contributed by atoms with Crippen LogP contribution < -0.4 is 10.6 Å². The molecule has 3 rings (SSSR count). The van der Waals surface area contributed by atoms with Gasteiger partial charge >= 0.3 is 0 Å². The van der Waals surface area contributed by atoms with Gasteiger partial charge in [-0.25, -0.2) is 0 Å². The lowest BCUT2D eigenvalue weighted by molar-refractivity contribution is 0.476. The summed E-state index contributed by atoms with van der Waals surface area (Å²) in [5.74, 6) is 1.34. The van der Waals surface area contributed by atoms with E-state index >= 15 is 0 Å². The predicted octanol–water partition coefficient (Wildman–Crippen LogP) is 5.48. The van der Waals surface area contributed by atoms with Crippen LogP contribution in [0.15, 0.2) is 77.4 Å². The van der Waals surface area contributed by atoms with Gasteiger partial charge in [0.25, 0.3) is 0 Å². The molecule has 128 valence electrons. The summed E-state index contributed by atoms with van der Waals surface area (Å²) in [7, 11) is 0. The predicted molar refractivity (Wildman–Crippen MR) is 107 cm³/mol. The van der Waals surface area contributed by atoms with Crippen molar-refractivity contribution in [2.45, 2.75) is 25.8 Å². The Bertz CT molecular complexity index is 796. The van der Waals surface area contributed by atoms with E-state index in [0.29, 0.717) is 11.0 Å². The zero-order valence-electron chi connectivity index (χ0n) is 14.4. The fraction of sp³-hybridized carbons (Fsp3) is 0.190. The lowest BCUT2D eigenvalue weighted by atomic mass is 10.0. The average molecular weight is 350 g/mol. The first-order valence-corrected chi connectivity index (χ1v) is 8.80. The molecule has 0 saturated heterocycles. The zero-order chi connectivity index (χ0) is 17.6. The lowest BCUT2D eigenvalue weighted by Gasteiger charge is -2.20. The second kappa shape index (κ2) is 7.99. The summed E-state index contributed by atoms with van der Waals surface area (Å²) in [5.41, 5.74) is 3.37. The van der Waals surface area contributed by atoms with Crippen LogP contribution in [0.25, 0.3) is 0 Å². The summed E-state index contributed by atoms with van der Waals surface area (Å²) >= 11 is 5.51. The van der Waals surface area contributed by atoms with Crippen LogP contribution in [-0.2, 0) is 0 Å². The fourth-order valence-electron chi connectivity index (χ4n) is 2.67.